The van der Waals surface area contributed by atoms with Crippen LogP contribution in [0.25, 0.3) is 0 Å². The number of sulfonamides is 1. The van der Waals surface area contributed by atoms with E-state index < -0.39 is 10.0 Å². The van der Waals surface area contributed by atoms with E-state index in [0.29, 0.717) is 24.7 Å². The van der Waals surface area contributed by atoms with Crippen LogP contribution in [0.5, 0.6) is 0 Å². The molecule has 0 saturated carbocycles. The van der Waals surface area contributed by atoms with Crippen molar-refractivity contribution in [3.05, 3.63) is 64.9 Å². The van der Waals surface area contributed by atoms with Crippen molar-refractivity contribution in [3.8, 4) is 0 Å². The zero-order chi connectivity index (χ0) is 16.4. The maximum Gasteiger partial charge on any atom is 0.243 e. The first-order valence-corrected chi connectivity index (χ1v) is 8.89. The Morgan fingerprint density at radius 1 is 1.09 bits per heavy atom. The average molecular weight is 356 g/mol. The molecule has 23 heavy (non-hydrogen) atoms. The standard InChI is InChI=1S/C16H15ClFNO3S/c17-13-3-7-16(8-4-13)23(20,21)19-9-15(10-19)22-11-12-1-5-14(18)6-2-12/h1-8,15H,9-11H2. The van der Waals surface area contributed by atoms with Crippen molar-refractivity contribution < 1.29 is 17.5 Å². The molecule has 1 fully saturated rings. The lowest BCUT2D eigenvalue weighted by molar-refractivity contribution is -0.0295. The summed E-state index contributed by atoms with van der Waals surface area (Å²) in [6.45, 7) is 0.956. The molecule has 0 unspecified atom stereocenters. The molecule has 0 aliphatic carbocycles. The van der Waals surface area contributed by atoms with Crippen molar-refractivity contribution in [1.82, 2.24) is 4.31 Å². The van der Waals surface area contributed by atoms with Gasteiger partial charge in [0.05, 0.1) is 17.6 Å². The molecule has 0 N–H and O–H groups in total. The Morgan fingerprint density at radius 3 is 2.30 bits per heavy atom. The van der Waals surface area contributed by atoms with Crippen molar-refractivity contribution in [2.45, 2.75) is 17.6 Å². The highest BCUT2D eigenvalue weighted by Gasteiger charge is 2.37. The largest absolute Gasteiger partial charge is 0.371 e. The number of hydrogen-bond donors (Lipinski definition) is 0. The van der Waals surface area contributed by atoms with Crippen LogP contribution in [0.1, 0.15) is 5.56 Å². The van der Waals surface area contributed by atoms with Gasteiger partial charge in [-0.05, 0) is 42.0 Å². The second-order valence-electron chi connectivity index (χ2n) is 5.34. The van der Waals surface area contributed by atoms with Crippen LogP contribution >= 0.6 is 11.6 Å². The summed E-state index contributed by atoms with van der Waals surface area (Å²) in [6, 6.07) is 12.1. The van der Waals surface area contributed by atoms with Crippen molar-refractivity contribution in [1.29, 1.82) is 0 Å². The summed E-state index contributed by atoms with van der Waals surface area (Å²) in [4.78, 5) is 0.221. The summed E-state index contributed by atoms with van der Waals surface area (Å²) in [5, 5.41) is 0.494. The highest BCUT2D eigenvalue weighted by atomic mass is 35.5. The lowest BCUT2D eigenvalue weighted by atomic mass is 10.2. The van der Waals surface area contributed by atoms with E-state index in [9.17, 15) is 12.8 Å². The summed E-state index contributed by atoms with van der Waals surface area (Å²) < 4.78 is 44.5. The van der Waals surface area contributed by atoms with Gasteiger partial charge in [0.15, 0.2) is 0 Å². The number of ether oxygens (including phenoxy) is 1. The summed E-state index contributed by atoms with van der Waals surface area (Å²) in [6.07, 6.45) is -0.151. The van der Waals surface area contributed by atoms with Crippen LogP contribution in [-0.2, 0) is 21.4 Å². The third-order valence-electron chi connectivity index (χ3n) is 3.66. The fraction of sp³-hybridized carbons (Fsp3) is 0.250. The van der Waals surface area contributed by atoms with E-state index in [4.69, 9.17) is 16.3 Å². The van der Waals surface area contributed by atoms with E-state index in [-0.39, 0.29) is 16.8 Å². The zero-order valence-electron chi connectivity index (χ0n) is 12.2. The fourth-order valence-corrected chi connectivity index (χ4v) is 3.88. The van der Waals surface area contributed by atoms with Crippen LogP contribution in [0.3, 0.4) is 0 Å². The summed E-state index contributed by atoms with van der Waals surface area (Å²) in [7, 11) is -3.50. The van der Waals surface area contributed by atoms with Crippen LogP contribution in [0.4, 0.5) is 4.39 Å². The van der Waals surface area contributed by atoms with Crippen molar-refractivity contribution in [2.24, 2.45) is 0 Å². The van der Waals surface area contributed by atoms with Gasteiger partial charge in [0, 0.05) is 18.1 Å². The second kappa shape index (κ2) is 6.57. The van der Waals surface area contributed by atoms with Crippen LogP contribution in [0, 0.1) is 5.82 Å². The Morgan fingerprint density at radius 2 is 1.70 bits per heavy atom. The minimum Gasteiger partial charge on any atom is -0.371 e. The maximum absolute atomic E-state index is 12.8. The Hall–Kier alpha value is -1.47. The molecular formula is C16H15ClFNO3S. The van der Waals surface area contributed by atoms with Crippen LogP contribution in [-0.4, -0.2) is 31.9 Å². The van der Waals surface area contributed by atoms with E-state index in [0.717, 1.165) is 5.56 Å². The minimum absolute atomic E-state index is 0.151. The molecule has 1 saturated heterocycles. The molecule has 0 aromatic heterocycles. The summed E-state index contributed by atoms with van der Waals surface area (Å²) in [5.41, 5.74) is 0.852. The van der Waals surface area contributed by atoms with Gasteiger partial charge in [-0.25, -0.2) is 12.8 Å². The molecule has 2 aromatic carbocycles. The molecule has 0 bridgehead atoms. The molecule has 0 amide bonds. The third kappa shape index (κ3) is 3.72. The van der Waals surface area contributed by atoms with E-state index >= 15 is 0 Å². The topological polar surface area (TPSA) is 46.6 Å². The Balaban J connectivity index is 1.54. The minimum atomic E-state index is -3.50. The molecule has 122 valence electrons. The highest BCUT2D eigenvalue weighted by molar-refractivity contribution is 7.89. The Kier molecular flexibility index (Phi) is 4.68. The van der Waals surface area contributed by atoms with Crippen LogP contribution in [0.15, 0.2) is 53.4 Å². The molecular weight excluding hydrogens is 341 g/mol. The van der Waals surface area contributed by atoms with Crippen molar-refractivity contribution in [3.63, 3.8) is 0 Å². The number of hydrogen-bond acceptors (Lipinski definition) is 3. The normalized spacial score (nSPS) is 16.3. The SMILES string of the molecule is O=S(=O)(c1ccc(Cl)cc1)N1CC(OCc2ccc(F)cc2)C1. The lowest BCUT2D eigenvalue weighted by Gasteiger charge is -2.37. The van der Waals surface area contributed by atoms with Gasteiger partial charge in [-0.2, -0.15) is 4.31 Å². The van der Waals surface area contributed by atoms with E-state index in [2.05, 4.69) is 0 Å². The molecule has 7 heteroatoms. The van der Waals surface area contributed by atoms with E-state index in [1.807, 2.05) is 0 Å². The molecule has 4 nitrogen and oxygen atoms in total. The first kappa shape index (κ1) is 16.4. The van der Waals surface area contributed by atoms with Gasteiger partial charge in [-0.3, -0.25) is 0 Å². The molecule has 1 aliphatic heterocycles. The number of rotatable bonds is 5. The highest BCUT2D eigenvalue weighted by Crippen LogP contribution is 2.24. The van der Waals surface area contributed by atoms with Crippen molar-refractivity contribution >= 4 is 21.6 Å². The summed E-state index contributed by atoms with van der Waals surface area (Å²) >= 11 is 5.77. The quantitative estimate of drug-likeness (QED) is 0.828. The van der Waals surface area contributed by atoms with Gasteiger partial charge < -0.3 is 4.74 Å². The number of benzene rings is 2. The second-order valence-corrected chi connectivity index (χ2v) is 7.71. The van der Waals surface area contributed by atoms with E-state index in [1.165, 1.54) is 28.6 Å². The molecule has 0 spiro atoms. The molecule has 0 radical (unpaired) electrons. The number of halogens is 2. The van der Waals surface area contributed by atoms with Crippen LogP contribution < -0.4 is 0 Å². The predicted molar refractivity (Wildman–Crippen MR) is 85.2 cm³/mol. The van der Waals surface area contributed by atoms with E-state index in [1.54, 1.807) is 24.3 Å². The molecule has 0 atom stereocenters. The zero-order valence-corrected chi connectivity index (χ0v) is 13.7. The van der Waals surface area contributed by atoms with Gasteiger partial charge >= 0.3 is 0 Å². The maximum atomic E-state index is 12.8. The van der Waals surface area contributed by atoms with Crippen LogP contribution in [0.2, 0.25) is 5.02 Å². The lowest BCUT2D eigenvalue weighted by Crippen LogP contribution is -2.54. The molecule has 2 aromatic rings. The fourth-order valence-electron chi connectivity index (χ4n) is 2.25. The summed E-state index contributed by atoms with van der Waals surface area (Å²) in [5.74, 6) is -0.294. The van der Waals surface area contributed by atoms with Gasteiger partial charge in [0.1, 0.15) is 5.82 Å². The monoisotopic (exact) mass is 355 g/mol. The van der Waals surface area contributed by atoms with Gasteiger partial charge in [-0.15, -0.1) is 0 Å². The average Bonchev–Trinajstić information content (AvgIpc) is 2.48. The Bertz CT molecular complexity index is 772. The first-order valence-electron chi connectivity index (χ1n) is 7.07. The molecule has 3 rings (SSSR count). The van der Waals surface area contributed by atoms with Crippen molar-refractivity contribution in [2.75, 3.05) is 13.1 Å². The molecule has 1 heterocycles. The predicted octanol–water partition coefficient (Wildman–Crippen LogP) is 3.07. The Labute approximate surface area is 139 Å². The molecule has 1 aliphatic rings. The van der Waals surface area contributed by atoms with Gasteiger partial charge in [0.2, 0.25) is 10.0 Å². The number of nitrogens with zero attached hydrogens (tertiary/aromatic N) is 1. The first-order chi connectivity index (χ1) is 10.9. The van der Waals surface area contributed by atoms with Gasteiger partial charge in [-0.1, -0.05) is 23.7 Å². The third-order valence-corrected chi connectivity index (χ3v) is 5.76. The van der Waals surface area contributed by atoms with Gasteiger partial charge in [0.25, 0.3) is 0 Å². The smallest absolute Gasteiger partial charge is 0.243 e.